The Kier molecular flexibility index (Phi) is 2.92. The Morgan fingerprint density at radius 1 is 0.944 bits per heavy atom. The van der Waals surface area contributed by atoms with E-state index in [1.807, 2.05) is 0 Å². The molecule has 0 saturated heterocycles. The summed E-state index contributed by atoms with van der Waals surface area (Å²) in [7, 11) is 0. The second-order valence-electron chi connectivity index (χ2n) is 3.31. The third-order valence-electron chi connectivity index (χ3n) is 2.13. The molecule has 18 heavy (non-hydrogen) atoms. The lowest BCUT2D eigenvalue weighted by molar-refractivity contribution is 0.0991. The molecule has 0 aliphatic heterocycles. The van der Waals surface area contributed by atoms with Crippen molar-refractivity contribution in [3.8, 4) is 11.5 Å². The Labute approximate surface area is 101 Å². The Balaban J connectivity index is 2.49. The maximum absolute atomic E-state index is 11.2. The average molecular weight is 244 g/mol. The van der Waals surface area contributed by atoms with Gasteiger partial charge in [-0.05, 0) is 0 Å². The maximum atomic E-state index is 11.2. The maximum Gasteiger partial charge on any atom is 0.252 e. The van der Waals surface area contributed by atoms with E-state index < -0.39 is 11.8 Å². The van der Waals surface area contributed by atoms with Crippen LogP contribution in [0.4, 0.5) is 0 Å². The van der Waals surface area contributed by atoms with Crippen LogP contribution < -0.4 is 11.5 Å². The highest BCUT2D eigenvalue weighted by atomic mass is 16.1. The Morgan fingerprint density at radius 2 is 1.61 bits per heavy atom. The monoisotopic (exact) mass is 244 g/mol. The number of nitrogens with two attached hydrogens (primary N) is 2. The van der Waals surface area contributed by atoms with E-state index in [9.17, 15) is 9.59 Å². The van der Waals surface area contributed by atoms with E-state index in [-0.39, 0.29) is 22.6 Å². The molecule has 0 aliphatic rings. The number of nitrogens with zero attached hydrogens (tertiary/aromatic N) is 4. The van der Waals surface area contributed by atoms with Crippen molar-refractivity contribution < 1.29 is 9.59 Å². The van der Waals surface area contributed by atoms with E-state index in [1.54, 1.807) is 0 Å². The van der Waals surface area contributed by atoms with Gasteiger partial charge in [0.1, 0.15) is 12.0 Å². The van der Waals surface area contributed by atoms with Crippen LogP contribution in [0.15, 0.2) is 24.9 Å². The molecule has 0 unspecified atom stereocenters. The Bertz CT molecular complexity index is 610. The topological polar surface area (TPSA) is 138 Å². The fraction of sp³-hybridized carbons (Fsp3) is 0. The highest BCUT2D eigenvalue weighted by Crippen LogP contribution is 2.15. The molecule has 0 bridgehead atoms. The van der Waals surface area contributed by atoms with Gasteiger partial charge in [0.2, 0.25) is 0 Å². The van der Waals surface area contributed by atoms with Gasteiger partial charge in [-0.15, -0.1) is 0 Å². The fourth-order valence-electron chi connectivity index (χ4n) is 1.27. The van der Waals surface area contributed by atoms with Gasteiger partial charge < -0.3 is 11.5 Å². The molecule has 0 spiro atoms. The molecule has 8 nitrogen and oxygen atoms in total. The Hall–Kier alpha value is -2.90. The first-order valence-corrected chi connectivity index (χ1v) is 4.81. The van der Waals surface area contributed by atoms with Crippen LogP contribution in [0.3, 0.4) is 0 Å². The summed E-state index contributed by atoms with van der Waals surface area (Å²) < 4.78 is 0. The van der Waals surface area contributed by atoms with Gasteiger partial charge >= 0.3 is 0 Å². The van der Waals surface area contributed by atoms with Gasteiger partial charge in [-0.1, -0.05) is 0 Å². The summed E-state index contributed by atoms with van der Waals surface area (Å²) in [5.74, 6) is -1.16. The van der Waals surface area contributed by atoms with Crippen molar-refractivity contribution in [1.82, 2.24) is 19.9 Å². The van der Waals surface area contributed by atoms with E-state index in [0.717, 1.165) is 0 Å². The molecule has 0 radical (unpaired) electrons. The number of carbonyl (C=O) groups is 2. The minimum atomic E-state index is -0.687. The number of hydrogen-bond donors (Lipinski definition) is 2. The first kappa shape index (κ1) is 11.6. The zero-order valence-electron chi connectivity index (χ0n) is 9.07. The van der Waals surface area contributed by atoms with Crippen LogP contribution >= 0.6 is 0 Å². The molecule has 2 aromatic heterocycles. The van der Waals surface area contributed by atoms with Crippen molar-refractivity contribution in [2.24, 2.45) is 11.5 Å². The quantitative estimate of drug-likeness (QED) is 0.719. The molecular formula is C10H8N6O2. The van der Waals surface area contributed by atoms with Crippen molar-refractivity contribution in [2.75, 3.05) is 0 Å². The summed E-state index contributed by atoms with van der Waals surface area (Å²) in [4.78, 5) is 37.4. The summed E-state index contributed by atoms with van der Waals surface area (Å²) in [5, 5.41) is 0. The lowest BCUT2D eigenvalue weighted by Crippen LogP contribution is -2.15. The third kappa shape index (κ3) is 2.12. The van der Waals surface area contributed by atoms with Gasteiger partial charge in [-0.3, -0.25) is 9.59 Å². The summed E-state index contributed by atoms with van der Waals surface area (Å²) in [5.41, 5.74) is 10.7. The van der Waals surface area contributed by atoms with Crippen molar-refractivity contribution in [2.45, 2.75) is 0 Å². The number of carbonyl (C=O) groups excluding carboxylic acids is 2. The molecule has 0 aliphatic carbocycles. The second-order valence-corrected chi connectivity index (χ2v) is 3.31. The van der Waals surface area contributed by atoms with Crippen molar-refractivity contribution in [1.29, 1.82) is 0 Å². The van der Waals surface area contributed by atoms with E-state index in [2.05, 4.69) is 19.9 Å². The van der Waals surface area contributed by atoms with Crippen molar-refractivity contribution >= 4 is 11.8 Å². The van der Waals surface area contributed by atoms with Crippen LogP contribution in [0, 0.1) is 0 Å². The van der Waals surface area contributed by atoms with E-state index in [0.29, 0.717) is 0 Å². The van der Waals surface area contributed by atoms with Gasteiger partial charge in [0.05, 0.1) is 11.1 Å². The van der Waals surface area contributed by atoms with Crippen LogP contribution in [0.5, 0.6) is 0 Å². The van der Waals surface area contributed by atoms with Gasteiger partial charge in [-0.25, -0.2) is 19.9 Å². The molecule has 2 amide bonds. The molecular weight excluding hydrogens is 236 g/mol. The molecule has 4 N–H and O–H groups in total. The lowest BCUT2D eigenvalue weighted by Gasteiger charge is -2.03. The SMILES string of the molecule is NC(=O)c1cnc(-c2ncncc2C(N)=O)nc1. The minimum absolute atomic E-state index is 0.101. The molecule has 2 heterocycles. The van der Waals surface area contributed by atoms with E-state index in [1.165, 1.54) is 24.9 Å². The number of primary amides is 2. The number of amides is 2. The molecule has 0 fully saturated rings. The van der Waals surface area contributed by atoms with Crippen LogP contribution in [0.1, 0.15) is 20.7 Å². The van der Waals surface area contributed by atoms with Gasteiger partial charge in [0.25, 0.3) is 11.8 Å². The first-order valence-electron chi connectivity index (χ1n) is 4.81. The second kappa shape index (κ2) is 4.53. The minimum Gasteiger partial charge on any atom is -0.366 e. The van der Waals surface area contributed by atoms with Crippen LogP contribution in [-0.4, -0.2) is 31.8 Å². The number of rotatable bonds is 3. The normalized spacial score (nSPS) is 10.0. The molecule has 0 aromatic carbocycles. The molecule has 2 aromatic rings. The highest BCUT2D eigenvalue weighted by molar-refractivity contribution is 5.97. The summed E-state index contributed by atoms with van der Waals surface area (Å²) in [6, 6.07) is 0. The number of hydrogen-bond acceptors (Lipinski definition) is 6. The first-order chi connectivity index (χ1) is 8.59. The lowest BCUT2D eigenvalue weighted by atomic mass is 10.2. The largest absolute Gasteiger partial charge is 0.366 e. The van der Waals surface area contributed by atoms with Crippen molar-refractivity contribution in [3.05, 3.63) is 36.0 Å². The van der Waals surface area contributed by atoms with E-state index >= 15 is 0 Å². The molecule has 0 atom stereocenters. The molecule has 8 heteroatoms. The fourth-order valence-corrected chi connectivity index (χ4v) is 1.27. The average Bonchev–Trinajstić information content (AvgIpc) is 2.39. The van der Waals surface area contributed by atoms with Gasteiger partial charge in [-0.2, -0.15) is 0 Å². The smallest absolute Gasteiger partial charge is 0.252 e. The molecule has 2 rings (SSSR count). The van der Waals surface area contributed by atoms with Crippen LogP contribution in [-0.2, 0) is 0 Å². The zero-order chi connectivity index (χ0) is 13.1. The summed E-state index contributed by atoms with van der Waals surface area (Å²) in [6.45, 7) is 0. The summed E-state index contributed by atoms with van der Waals surface area (Å²) >= 11 is 0. The van der Waals surface area contributed by atoms with Crippen LogP contribution in [0.25, 0.3) is 11.5 Å². The predicted octanol–water partition coefficient (Wildman–Crippen LogP) is -0.869. The third-order valence-corrected chi connectivity index (χ3v) is 2.13. The van der Waals surface area contributed by atoms with Crippen molar-refractivity contribution in [3.63, 3.8) is 0 Å². The van der Waals surface area contributed by atoms with Gasteiger partial charge in [0.15, 0.2) is 5.82 Å². The highest BCUT2D eigenvalue weighted by Gasteiger charge is 2.14. The summed E-state index contributed by atoms with van der Waals surface area (Å²) in [6.07, 6.45) is 5.01. The molecule has 0 saturated carbocycles. The number of aromatic nitrogens is 4. The molecule has 90 valence electrons. The predicted molar refractivity (Wildman–Crippen MR) is 60.1 cm³/mol. The van der Waals surface area contributed by atoms with Gasteiger partial charge in [0, 0.05) is 18.6 Å². The standard InChI is InChI=1S/C10H8N6O2/c11-8(17)5-1-14-10(15-2-5)7-6(9(12)18)3-13-4-16-7/h1-4H,(H2,11,17)(H2,12,18). The van der Waals surface area contributed by atoms with E-state index in [4.69, 9.17) is 11.5 Å². The Morgan fingerprint density at radius 3 is 2.17 bits per heavy atom. The van der Waals surface area contributed by atoms with Crippen LogP contribution in [0.2, 0.25) is 0 Å². The zero-order valence-corrected chi connectivity index (χ0v) is 9.07.